The van der Waals surface area contributed by atoms with Crippen LogP contribution in [0.2, 0.25) is 0 Å². The second-order valence-corrected chi connectivity index (χ2v) is 15.2. The zero-order chi connectivity index (χ0) is 38.1. The van der Waals surface area contributed by atoms with E-state index in [4.69, 9.17) is 47.4 Å². The van der Waals surface area contributed by atoms with Gasteiger partial charge < -0.3 is 57.6 Å². The van der Waals surface area contributed by atoms with Gasteiger partial charge in [-0.05, 0) is 38.3 Å². The third kappa shape index (κ3) is 10.6. The Labute approximate surface area is 309 Å². The number of rotatable bonds is 14. The number of esters is 1. The molecule has 3 fully saturated rings. The molecule has 13 nitrogen and oxygen atoms in total. The molecule has 4 rings (SSSR count). The number of hydrogen-bond donors (Lipinski definition) is 2. The number of carbonyl (C=O) groups excluding carboxylic acids is 1. The van der Waals surface area contributed by atoms with Crippen molar-refractivity contribution >= 4 is 5.97 Å². The quantitative estimate of drug-likeness (QED) is 0.155. The first-order valence-electron chi connectivity index (χ1n) is 18.4. The van der Waals surface area contributed by atoms with Crippen molar-refractivity contribution in [3.8, 4) is 0 Å². The molecule has 0 amide bonds. The van der Waals surface area contributed by atoms with Gasteiger partial charge in [0.1, 0.15) is 25.8 Å². The number of benzene rings is 1. The predicted molar refractivity (Wildman–Crippen MR) is 190 cm³/mol. The van der Waals surface area contributed by atoms with Crippen LogP contribution < -0.4 is 0 Å². The standard InChI is InChI=1S/C39H62O13/c1-10-26(21-46-22-27-14-12-11-13-15-27)16-25(2)30-17-28(45-9)20-33(40)37(3,4)39(42)35-32(51-38(5,6)52-35)19-29(50-39)18-31(47-23-43-7)34(36(41)49-30)48-24-44-8/h11-16,26,28-35,40,42H,10,17-24H2,1-9H3/b25-16-/t26-,28-,29+,30+,31-,32-,33+,34+,35-,39+/m1/s1. The summed E-state index contributed by atoms with van der Waals surface area (Å²) in [5.41, 5.74) is 0.598. The van der Waals surface area contributed by atoms with Crippen LogP contribution in [0.1, 0.15) is 79.2 Å². The van der Waals surface area contributed by atoms with E-state index in [1.165, 1.54) is 14.2 Å². The fourth-order valence-corrected chi connectivity index (χ4v) is 7.30. The minimum atomic E-state index is -2.01. The Morgan fingerprint density at radius 3 is 2.31 bits per heavy atom. The van der Waals surface area contributed by atoms with Crippen LogP contribution in [0.3, 0.4) is 0 Å². The zero-order valence-corrected chi connectivity index (χ0v) is 32.4. The number of cyclic esters (lactones) is 1. The molecule has 296 valence electrons. The third-order valence-electron chi connectivity index (χ3n) is 10.5. The molecule has 3 aliphatic heterocycles. The zero-order valence-electron chi connectivity index (χ0n) is 32.4. The van der Waals surface area contributed by atoms with Gasteiger partial charge >= 0.3 is 5.97 Å². The number of hydrogen-bond acceptors (Lipinski definition) is 13. The second-order valence-electron chi connectivity index (χ2n) is 15.2. The molecule has 0 aromatic heterocycles. The van der Waals surface area contributed by atoms with E-state index in [0.717, 1.165) is 17.6 Å². The van der Waals surface area contributed by atoms with Crippen LogP contribution in [0.25, 0.3) is 0 Å². The molecule has 0 unspecified atom stereocenters. The van der Waals surface area contributed by atoms with Crippen LogP contribution in [0.5, 0.6) is 0 Å². The number of fused-ring (bicyclic) bond motifs is 4. The van der Waals surface area contributed by atoms with Crippen LogP contribution in [0.15, 0.2) is 42.0 Å². The van der Waals surface area contributed by atoms with Gasteiger partial charge in [-0.25, -0.2) is 4.79 Å². The van der Waals surface area contributed by atoms with Crippen molar-refractivity contribution in [1.29, 1.82) is 0 Å². The summed E-state index contributed by atoms with van der Waals surface area (Å²) in [6.45, 7) is 11.6. The van der Waals surface area contributed by atoms with Crippen molar-refractivity contribution in [3.05, 3.63) is 47.5 Å². The highest BCUT2D eigenvalue weighted by molar-refractivity contribution is 5.76. The maximum Gasteiger partial charge on any atom is 0.338 e. The van der Waals surface area contributed by atoms with Crippen molar-refractivity contribution in [2.24, 2.45) is 11.3 Å². The van der Waals surface area contributed by atoms with Gasteiger partial charge in [0.25, 0.3) is 0 Å². The van der Waals surface area contributed by atoms with E-state index >= 15 is 0 Å². The van der Waals surface area contributed by atoms with E-state index in [1.54, 1.807) is 34.8 Å². The molecule has 1 aromatic carbocycles. The molecule has 2 N–H and O–H groups in total. The fraction of sp³-hybridized carbons (Fsp3) is 0.769. The number of aliphatic hydroxyl groups is 2. The van der Waals surface area contributed by atoms with E-state index in [2.05, 4.69) is 13.0 Å². The molecule has 10 atom stereocenters. The summed E-state index contributed by atoms with van der Waals surface area (Å²) in [6, 6.07) is 9.98. The normalized spacial score (nSPS) is 34.6. The molecule has 52 heavy (non-hydrogen) atoms. The number of ether oxygens (including phenoxy) is 10. The molecule has 13 heteroatoms. The van der Waals surface area contributed by atoms with Crippen LogP contribution >= 0.6 is 0 Å². The fourth-order valence-electron chi connectivity index (χ4n) is 7.30. The predicted octanol–water partition coefficient (Wildman–Crippen LogP) is 4.65. The summed E-state index contributed by atoms with van der Waals surface area (Å²) < 4.78 is 59.8. The first-order valence-corrected chi connectivity index (χ1v) is 18.4. The summed E-state index contributed by atoms with van der Waals surface area (Å²) in [5, 5.41) is 24.4. The van der Waals surface area contributed by atoms with Gasteiger partial charge in [0.15, 0.2) is 11.9 Å². The highest BCUT2D eigenvalue weighted by Gasteiger charge is 2.65. The summed E-state index contributed by atoms with van der Waals surface area (Å²) in [7, 11) is 4.48. The van der Waals surface area contributed by atoms with E-state index in [9.17, 15) is 15.0 Å². The van der Waals surface area contributed by atoms with Crippen LogP contribution in [-0.4, -0.2) is 118 Å². The third-order valence-corrected chi connectivity index (χ3v) is 10.5. The van der Waals surface area contributed by atoms with E-state index in [0.29, 0.717) is 19.6 Å². The molecule has 1 aromatic rings. The maximum atomic E-state index is 14.2. The van der Waals surface area contributed by atoms with Crippen molar-refractivity contribution in [1.82, 2.24) is 0 Å². The maximum absolute atomic E-state index is 14.2. The molecule has 0 spiro atoms. The van der Waals surface area contributed by atoms with Crippen LogP contribution in [0, 0.1) is 11.3 Å². The smallest absolute Gasteiger partial charge is 0.338 e. The minimum absolute atomic E-state index is 0.0379. The lowest BCUT2D eigenvalue weighted by Gasteiger charge is -2.53. The van der Waals surface area contributed by atoms with E-state index in [1.807, 2.05) is 37.3 Å². The average Bonchev–Trinajstić information content (AvgIpc) is 3.43. The van der Waals surface area contributed by atoms with Gasteiger partial charge in [-0.1, -0.05) is 57.2 Å². The summed E-state index contributed by atoms with van der Waals surface area (Å²) >= 11 is 0. The lowest BCUT2D eigenvalue weighted by atomic mass is 9.70. The van der Waals surface area contributed by atoms with Crippen LogP contribution in [0.4, 0.5) is 0 Å². The number of carbonyl (C=O) groups is 1. The average molecular weight is 739 g/mol. The van der Waals surface area contributed by atoms with Gasteiger partial charge in [-0.3, -0.25) is 0 Å². The van der Waals surface area contributed by atoms with E-state index in [-0.39, 0.29) is 38.8 Å². The van der Waals surface area contributed by atoms with Gasteiger partial charge in [0.2, 0.25) is 5.79 Å². The Morgan fingerprint density at radius 2 is 1.65 bits per heavy atom. The molecule has 2 bridgehead atoms. The van der Waals surface area contributed by atoms with Crippen molar-refractivity contribution in [2.75, 3.05) is 41.5 Å². The number of methoxy groups -OCH3 is 3. The van der Waals surface area contributed by atoms with Gasteiger partial charge in [0, 0.05) is 58.3 Å². The molecule has 3 aliphatic rings. The van der Waals surface area contributed by atoms with Gasteiger partial charge in [-0.15, -0.1) is 0 Å². The minimum Gasteiger partial charge on any atom is -0.456 e. The Morgan fingerprint density at radius 1 is 0.962 bits per heavy atom. The molecular formula is C39H62O13. The van der Waals surface area contributed by atoms with Gasteiger partial charge in [-0.2, -0.15) is 0 Å². The summed E-state index contributed by atoms with van der Waals surface area (Å²) in [4.78, 5) is 14.2. The molecule has 0 aliphatic carbocycles. The molecule has 0 saturated carbocycles. The molecule has 0 radical (unpaired) electrons. The monoisotopic (exact) mass is 738 g/mol. The molecular weight excluding hydrogens is 676 g/mol. The highest BCUT2D eigenvalue weighted by Crippen LogP contribution is 2.51. The van der Waals surface area contributed by atoms with E-state index < -0.39 is 71.8 Å². The van der Waals surface area contributed by atoms with Crippen molar-refractivity contribution in [2.45, 2.75) is 141 Å². The van der Waals surface area contributed by atoms with Gasteiger partial charge in [0.05, 0.1) is 43.7 Å². The lowest BCUT2D eigenvalue weighted by Crippen LogP contribution is -2.67. The topological polar surface area (TPSA) is 150 Å². The first kappa shape index (κ1) is 42.7. The lowest BCUT2D eigenvalue weighted by molar-refractivity contribution is -0.368. The van der Waals surface area contributed by atoms with Crippen molar-refractivity contribution < 1.29 is 62.4 Å². The Balaban J connectivity index is 1.71. The summed E-state index contributed by atoms with van der Waals surface area (Å²) in [6.07, 6.45) is -3.30. The molecule has 3 heterocycles. The Hall–Kier alpha value is -2.01. The van der Waals surface area contributed by atoms with Crippen LogP contribution in [-0.2, 0) is 58.8 Å². The van der Waals surface area contributed by atoms with Crippen molar-refractivity contribution in [3.63, 3.8) is 0 Å². The first-order chi connectivity index (χ1) is 24.7. The Bertz CT molecular complexity index is 1270. The molecule has 3 saturated heterocycles. The number of aliphatic hydroxyl groups excluding tert-OH is 1. The second kappa shape index (κ2) is 19.0. The largest absolute Gasteiger partial charge is 0.456 e. The SMILES string of the molecule is CC[C@H](/C=C(/C)[C@@H]1C[C@@H](OC)C[C@H](O)C(C)(C)[C@@]2(O)O[C@@H](C[C@@H](OCOC)[C@H](OCOC)C(=O)O1)C[C@H]1OC(C)(C)O[C@H]12)COCc1ccccc1. The summed E-state index contributed by atoms with van der Waals surface area (Å²) in [5.74, 6) is -3.66. The highest BCUT2D eigenvalue weighted by atomic mass is 16.8. The Kier molecular flexibility index (Phi) is 15.6.